The first-order chi connectivity index (χ1) is 13.6. The Morgan fingerprint density at radius 1 is 1.21 bits per heavy atom. The van der Waals surface area contributed by atoms with Crippen LogP contribution in [0.2, 0.25) is 0 Å². The molecule has 0 bridgehead atoms. The van der Waals surface area contributed by atoms with Crippen LogP contribution in [0.4, 0.5) is 0 Å². The number of piperidine rings is 1. The highest BCUT2D eigenvalue weighted by Gasteiger charge is 2.28. The maximum atomic E-state index is 13.4. The van der Waals surface area contributed by atoms with Crippen LogP contribution in [0.15, 0.2) is 47.1 Å². The Kier molecular flexibility index (Phi) is 5.54. The highest BCUT2D eigenvalue weighted by molar-refractivity contribution is 9.10. The number of aryl methyl sites for hydroxylation is 2. The predicted molar refractivity (Wildman–Crippen MR) is 116 cm³/mol. The molecule has 0 radical (unpaired) electrons. The van der Waals surface area contributed by atoms with E-state index < -0.39 is 0 Å². The van der Waals surface area contributed by atoms with Crippen molar-refractivity contribution in [2.45, 2.75) is 39.5 Å². The van der Waals surface area contributed by atoms with Crippen molar-refractivity contribution in [3.63, 3.8) is 0 Å². The molecule has 1 fully saturated rings. The van der Waals surface area contributed by atoms with Crippen molar-refractivity contribution in [1.82, 2.24) is 14.3 Å². The minimum atomic E-state index is 0.111. The third kappa shape index (κ3) is 3.72. The average Bonchev–Trinajstić information content (AvgIpc) is 3.07. The molecule has 0 unspecified atom stereocenters. The molecule has 4 rings (SSSR count). The first-order valence-corrected chi connectivity index (χ1v) is 10.9. The number of pyridine rings is 1. The molecule has 28 heavy (non-hydrogen) atoms. The molecule has 1 saturated heterocycles. The number of nitrogens with zero attached hydrogens (tertiary/aromatic N) is 3. The van der Waals surface area contributed by atoms with Crippen LogP contribution < -0.4 is 0 Å². The van der Waals surface area contributed by atoms with Gasteiger partial charge in [-0.15, -0.1) is 0 Å². The summed E-state index contributed by atoms with van der Waals surface area (Å²) in [5, 5.41) is 0. The molecule has 146 valence electrons. The zero-order valence-corrected chi connectivity index (χ0v) is 18.1. The molecule has 1 aromatic carbocycles. The largest absolute Gasteiger partial charge is 0.337 e. The van der Waals surface area contributed by atoms with E-state index in [0.29, 0.717) is 5.92 Å². The van der Waals surface area contributed by atoms with E-state index >= 15 is 0 Å². The summed E-state index contributed by atoms with van der Waals surface area (Å²) >= 11 is 3.60. The van der Waals surface area contributed by atoms with Gasteiger partial charge in [-0.3, -0.25) is 9.20 Å². The van der Waals surface area contributed by atoms with Crippen molar-refractivity contribution < 1.29 is 4.79 Å². The fraction of sp³-hybridized carbons (Fsp3) is 0.391. The number of rotatable bonds is 4. The first-order valence-electron chi connectivity index (χ1n) is 10.1. The highest BCUT2D eigenvalue weighted by Crippen LogP contribution is 2.26. The minimum absolute atomic E-state index is 0.111. The number of benzene rings is 1. The number of fused-ring (bicyclic) bond motifs is 1. The van der Waals surface area contributed by atoms with Crippen LogP contribution in [0.5, 0.6) is 0 Å². The predicted octanol–water partition coefficient (Wildman–Crippen LogP) is 5.06. The average molecular weight is 440 g/mol. The van der Waals surface area contributed by atoms with Gasteiger partial charge in [0.05, 0.1) is 10.2 Å². The van der Waals surface area contributed by atoms with Gasteiger partial charge >= 0.3 is 0 Å². The van der Waals surface area contributed by atoms with E-state index in [2.05, 4.69) is 53.2 Å². The first kappa shape index (κ1) is 19.2. The van der Waals surface area contributed by atoms with E-state index in [1.807, 2.05) is 28.5 Å². The van der Waals surface area contributed by atoms with E-state index in [4.69, 9.17) is 4.98 Å². The van der Waals surface area contributed by atoms with Gasteiger partial charge in [0, 0.05) is 19.3 Å². The van der Waals surface area contributed by atoms with Gasteiger partial charge in [-0.1, -0.05) is 37.3 Å². The lowest BCUT2D eigenvalue weighted by molar-refractivity contribution is 0.0682. The standard InChI is InChI=1S/C23H26BrN3O/c1-3-20-21(27-15-16(2)13-19(24)22(27)25-20)23(28)26-11-9-18(10-12-26)14-17-7-5-4-6-8-17/h4-8,13,15,18H,3,9-12,14H2,1-2H3. The highest BCUT2D eigenvalue weighted by atomic mass is 79.9. The third-order valence-corrected chi connectivity index (χ3v) is 6.27. The zero-order chi connectivity index (χ0) is 19.7. The second-order valence-electron chi connectivity index (χ2n) is 7.74. The molecule has 0 atom stereocenters. The number of carbonyl (C=O) groups is 1. The zero-order valence-electron chi connectivity index (χ0n) is 16.5. The van der Waals surface area contributed by atoms with E-state index in [-0.39, 0.29) is 5.91 Å². The number of aromatic nitrogens is 2. The lowest BCUT2D eigenvalue weighted by Crippen LogP contribution is -2.39. The van der Waals surface area contributed by atoms with Crippen molar-refractivity contribution in [2.24, 2.45) is 5.92 Å². The molecule has 4 nitrogen and oxygen atoms in total. The van der Waals surface area contributed by atoms with Gasteiger partial charge in [0.15, 0.2) is 5.65 Å². The molecule has 1 aliphatic rings. The smallest absolute Gasteiger partial charge is 0.272 e. The number of amides is 1. The Labute approximate surface area is 174 Å². The van der Waals surface area contributed by atoms with Crippen molar-refractivity contribution in [3.8, 4) is 0 Å². The second-order valence-corrected chi connectivity index (χ2v) is 8.60. The Bertz CT molecular complexity index is 988. The molecule has 0 saturated carbocycles. The number of halogens is 1. The van der Waals surface area contributed by atoms with E-state index in [1.165, 1.54) is 5.56 Å². The molecule has 1 amide bonds. The Balaban J connectivity index is 1.53. The Hall–Kier alpha value is -2.14. The minimum Gasteiger partial charge on any atom is -0.337 e. The molecule has 0 N–H and O–H groups in total. The van der Waals surface area contributed by atoms with Gasteiger partial charge < -0.3 is 4.90 Å². The normalized spacial score (nSPS) is 15.3. The van der Waals surface area contributed by atoms with Crippen molar-refractivity contribution in [3.05, 3.63) is 69.6 Å². The lowest BCUT2D eigenvalue weighted by atomic mass is 9.90. The molecule has 0 spiro atoms. The monoisotopic (exact) mass is 439 g/mol. The quantitative estimate of drug-likeness (QED) is 0.569. The summed E-state index contributed by atoms with van der Waals surface area (Å²) in [5.41, 5.74) is 4.92. The summed E-state index contributed by atoms with van der Waals surface area (Å²) in [6.07, 6.45) is 5.98. The van der Waals surface area contributed by atoms with Gasteiger partial charge in [-0.25, -0.2) is 4.98 Å². The maximum absolute atomic E-state index is 13.4. The summed E-state index contributed by atoms with van der Waals surface area (Å²) in [6, 6.07) is 12.7. The van der Waals surface area contributed by atoms with Crippen LogP contribution in [0.3, 0.4) is 0 Å². The Morgan fingerprint density at radius 3 is 2.61 bits per heavy atom. The van der Waals surface area contributed by atoms with Crippen LogP contribution >= 0.6 is 15.9 Å². The number of hydrogen-bond donors (Lipinski definition) is 0. The lowest BCUT2D eigenvalue weighted by Gasteiger charge is -2.32. The summed E-state index contributed by atoms with van der Waals surface area (Å²) in [5.74, 6) is 0.760. The summed E-state index contributed by atoms with van der Waals surface area (Å²) in [4.78, 5) is 20.1. The number of likely N-dealkylation sites (tertiary alicyclic amines) is 1. The molecule has 2 aromatic heterocycles. The fourth-order valence-corrected chi connectivity index (χ4v) is 4.83. The van der Waals surface area contributed by atoms with E-state index in [1.54, 1.807) is 0 Å². The van der Waals surface area contributed by atoms with Gasteiger partial charge in [-0.2, -0.15) is 0 Å². The van der Waals surface area contributed by atoms with Gasteiger partial charge in [0.2, 0.25) is 0 Å². The van der Waals surface area contributed by atoms with Gasteiger partial charge in [0.1, 0.15) is 5.69 Å². The topological polar surface area (TPSA) is 37.6 Å². The molecular formula is C23H26BrN3O. The summed E-state index contributed by atoms with van der Waals surface area (Å²) in [7, 11) is 0. The third-order valence-electron chi connectivity index (χ3n) is 5.69. The number of hydrogen-bond acceptors (Lipinski definition) is 2. The molecule has 5 heteroatoms. The fourth-order valence-electron chi connectivity index (χ4n) is 4.19. The molecule has 3 aromatic rings. The number of imidazole rings is 1. The molecular weight excluding hydrogens is 414 g/mol. The van der Waals surface area contributed by atoms with Crippen molar-refractivity contribution in [2.75, 3.05) is 13.1 Å². The van der Waals surface area contributed by atoms with Crippen LogP contribution in [-0.2, 0) is 12.8 Å². The summed E-state index contributed by atoms with van der Waals surface area (Å²) in [6.45, 7) is 5.74. The molecule has 0 aliphatic carbocycles. The second kappa shape index (κ2) is 8.08. The van der Waals surface area contributed by atoms with Gasteiger partial charge in [-0.05, 0) is 71.6 Å². The van der Waals surface area contributed by atoms with Gasteiger partial charge in [0.25, 0.3) is 5.91 Å². The SMILES string of the molecule is CCc1nc2c(Br)cc(C)cn2c1C(=O)N1CCC(Cc2ccccc2)CC1. The van der Waals surface area contributed by atoms with E-state index in [0.717, 1.165) is 65.8 Å². The maximum Gasteiger partial charge on any atom is 0.272 e. The number of carbonyl (C=O) groups excluding carboxylic acids is 1. The summed E-state index contributed by atoms with van der Waals surface area (Å²) < 4.78 is 2.90. The van der Waals surface area contributed by atoms with Crippen LogP contribution in [0.1, 0.15) is 47.1 Å². The van der Waals surface area contributed by atoms with Crippen molar-refractivity contribution in [1.29, 1.82) is 0 Å². The Morgan fingerprint density at radius 2 is 1.93 bits per heavy atom. The van der Waals surface area contributed by atoms with Crippen molar-refractivity contribution >= 4 is 27.5 Å². The van der Waals surface area contributed by atoms with Crippen LogP contribution in [0, 0.1) is 12.8 Å². The molecule has 3 heterocycles. The molecule has 1 aliphatic heterocycles. The van der Waals surface area contributed by atoms with Crippen LogP contribution in [-0.4, -0.2) is 33.3 Å². The van der Waals surface area contributed by atoms with Crippen LogP contribution in [0.25, 0.3) is 5.65 Å². The van der Waals surface area contributed by atoms with E-state index in [9.17, 15) is 4.79 Å².